The second-order valence-electron chi connectivity index (χ2n) is 12.9. The molecule has 1 aromatic heterocycles. The minimum Gasteiger partial charge on any atom is -0.244 e. The van der Waals surface area contributed by atoms with Crippen molar-refractivity contribution in [1.29, 1.82) is 0 Å². The molecule has 228 valence electrons. The zero-order valence-corrected chi connectivity index (χ0v) is 26.7. The molecule has 0 radical (unpaired) electrons. The van der Waals surface area contributed by atoms with Gasteiger partial charge in [-0.3, -0.25) is 0 Å². The standard InChI is InChI=1S/C47H30N2/c1-4-15-33(16-5-1)44-45(49-46-37-21-11-10-14-31(37)27-29-42(46)48-44)34-25-24-32-26-28-39-38-22-12-13-23-41(38)47(43(39)40(32)30-34,35-17-6-2-7-18-35)36-19-8-3-9-20-36/h1-30H. The number of hydrogen-bond donors (Lipinski definition) is 0. The monoisotopic (exact) mass is 622 g/mol. The highest BCUT2D eigenvalue weighted by Crippen LogP contribution is 2.58. The molecule has 0 N–H and O–H groups in total. The Kier molecular flexibility index (Phi) is 6.13. The van der Waals surface area contributed by atoms with Gasteiger partial charge in [0.05, 0.1) is 27.8 Å². The molecule has 0 atom stereocenters. The summed E-state index contributed by atoms with van der Waals surface area (Å²) in [5, 5.41) is 4.69. The average molecular weight is 623 g/mol. The van der Waals surface area contributed by atoms with Gasteiger partial charge in [-0.15, -0.1) is 0 Å². The van der Waals surface area contributed by atoms with Gasteiger partial charge >= 0.3 is 0 Å². The van der Waals surface area contributed by atoms with E-state index in [0.29, 0.717) is 0 Å². The van der Waals surface area contributed by atoms with Crippen LogP contribution in [-0.2, 0) is 5.41 Å². The van der Waals surface area contributed by atoms with E-state index in [9.17, 15) is 0 Å². The molecule has 0 aliphatic heterocycles. The van der Waals surface area contributed by atoms with E-state index in [1.807, 2.05) is 0 Å². The van der Waals surface area contributed by atoms with Crippen molar-refractivity contribution in [3.05, 3.63) is 204 Å². The Bertz CT molecular complexity index is 2660. The van der Waals surface area contributed by atoms with E-state index >= 15 is 0 Å². The smallest absolute Gasteiger partial charge is 0.0973 e. The maximum Gasteiger partial charge on any atom is 0.0973 e. The van der Waals surface area contributed by atoms with E-state index < -0.39 is 5.41 Å². The lowest BCUT2D eigenvalue weighted by Gasteiger charge is -2.34. The SMILES string of the molecule is c1ccc(-c2nc3ccc4ccccc4c3nc2-c2ccc3ccc4c(c3c2)C(c2ccccc2)(c2ccccc2)c2ccccc2-4)cc1. The fraction of sp³-hybridized carbons (Fsp3) is 0.0213. The summed E-state index contributed by atoms with van der Waals surface area (Å²) in [5.74, 6) is 0. The third-order valence-corrected chi connectivity index (χ3v) is 10.3. The van der Waals surface area contributed by atoms with Crippen molar-refractivity contribution in [2.24, 2.45) is 0 Å². The van der Waals surface area contributed by atoms with Gasteiger partial charge in [-0.2, -0.15) is 0 Å². The molecule has 1 aliphatic rings. The van der Waals surface area contributed by atoms with Crippen molar-refractivity contribution in [3.63, 3.8) is 0 Å². The predicted molar refractivity (Wildman–Crippen MR) is 203 cm³/mol. The second kappa shape index (κ2) is 10.8. The van der Waals surface area contributed by atoms with E-state index in [-0.39, 0.29) is 0 Å². The number of hydrogen-bond acceptors (Lipinski definition) is 2. The van der Waals surface area contributed by atoms with Gasteiger partial charge in [0.2, 0.25) is 0 Å². The Labute approximate surface area is 285 Å². The summed E-state index contributed by atoms with van der Waals surface area (Å²) in [4.78, 5) is 10.8. The lowest BCUT2D eigenvalue weighted by molar-refractivity contribution is 0.775. The molecular formula is C47H30N2. The van der Waals surface area contributed by atoms with Crippen LogP contribution < -0.4 is 0 Å². The molecule has 10 rings (SSSR count). The Balaban J connectivity index is 1.33. The highest BCUT2D eigenvalue weighted by atomic mass is 14.8. The summed E-state index contributed by atoms with van der Waals surface area (Å²) in [5.41, 5.74) is 12.9. The first kappa shape index (κ1) is 27.7. The van der Waals surface area contributed by atoms with Crippen LogP contribution in [0.1, 0.15) is 22.3 Å². The maximum atomic E-state index is 5.48. The van der Waals surface area contributed by atoms with Crippen LogP contribution in [-0.4, -0.2) is 9.97 Å². The average Bonchev–Trinajstić information content (AvgIpc) is 3.50. The van der Waals surface area contributed by atoms with E-state index in [2.05, 4.69) is 182 Å². The summed E-state index contributed by atoms with van der Waals surface area (Å²) in [6, 6.07) is 65.6. The zero-order valence-electron chi connectivity index (χ0n) is 26.7. The molecule has 1 aliphatic carbocycles. The molecule has 0 saturated carbocycles. The fourth-order valence-electron chi connectivity index (χ4n) is 8.21. The van der Waals surface area contributed by atoms with Crippen molar-refractivity contribution in [2.75, 3.05) is 0 Å². The minimum absolute atomic E-state index is 0.500. The number of fused-ring (bicyclic) bond motifs is 8. The summed E-state index contributed by atoms with van der Waals surface area (Å²) in [6.07, 6.45) is 0. The molecule has 0 unspecified atom stereocenters. The molecule has 0 spiro atoms. The summed E-state index contributed by atoms with van der Waals surface area (Å²) in [6.45, 7) is 0. The molecule has 0 amide bonds. The molecule has 8 aromatic carbocycles. The second-order valence-corrected chi connectivity index (χ2v) is 12.9. The van der Waals surface area contributed by atoms with Gasteiger partial charge in [-0.05, 0) is 61.7 Å². The number of nitrogens with zero attached hydrogens (tertiary/aromatic N) is 2. The predicted octanol–water partition coefficient (Wildman–Crippen LogP) is 11.6. The van der Waals surface area contributed by atoms with Gasteiger partial charge in [0.15, 0.2) is 0 Å². The topological polar surface area (TPSA) is 25.8 Å². The number of rotatable bonds is 4. The van der Waals surface area contributed by atoms with Crippen LogP contribution in [0.25, 0.3) is 66.2 Å². The highest BCUT2D eigenvalue weighted by Gasteiger charge is 2.47. The summed E-state index contributed by atoms with van der Waals surface area (Å²) < 4.78 is 0. The van der Waals surface area contributed by atoms with E-state index in [0.717, 1.165) is 44.3 Å². The highest BCUT2D eigenvalue weighted by molar-refractivity contribution is 6.06. The van der Waals surface area contributed by atoms with Crippen molar-refractivity contribution >= 4 is 32.6 Å². The number of benzene rings is 8. The molecule has 0 bridgehead atoms. The van der Waals surface area contributed by atoms with Gasteiger partial charge in [0, 0.05) is 16.5 Å². The van der Waals surface area contributed by atoms with Crippen molar-refractivity contribution in [3.8, 4) is 33.6 Å². The normalized spacial score (nSPS) is 13.1. The van der Waals surface area contributed by atoms with Crippen molar-refractivity contribution in [1.82, 2.24) is 9.97 Å². The number of aromatic nitrogens is 2. The first-order chi connectivity index (χ1) is 24.3. The van der Waals surface area contributed by atoms with Crippen LogP contribution in [0, 0.1) is 0 Å². The molecule has 1 heterocycles. The molecule has 2 nitrogen and oxygen atoms in total. The van der Waals surface area contributed by atoms with Gasteiger partial charge in [-0.1, -0.05) is 170 Å². The van der Waals surface area contributed by atoms with Crippen LogP contribution in [0.5, 0.6) is 0 Å². The zero-order chi connectivity index (χ0) is 32.4. The third kappa shape index (κ3) is 4.07. The Morgan fingerprint density at radius 3 is 1.76 bits per heavy atom. The van der Waals surface area contributed by atoms with Gasteiger partial charge in [0.1, 0.15) is 0 Å². The molecule has 2 heteroatoms. The lowest BCUT2D eigenvalue weighted by atomic mass is 9.66. The quantitative estimate of drug-likeness (QED) is 0.183. The van der Waals surface area contributed by atoms with E-state index in [4.69, 9.17) is 9.97 Å². The Morgan fingerprint density at radius 2 is 0.980 bits per heavy atom. The molecule has 0 fully saturated rings. The van der Waals surface area contributed by atoms with Crippen molar-refractivity contribution in [2.45, 2.75) is 5.41 Å². The first-order valence-electron chi connectivity index (χ1n) is 16.8. The van der Waals surface area contributed by atoms with E-state index in [1.165, 1.54) is 44.2 Å². The van der Waals surface area contributed by atoms with Gasteiger partial charge < -0.3 is 0 Å². The van der Waals surface area contributed by atoms with Gasteiger partial charge in [0.25, 0.3) is 0 Å². The first-order valence-corrected chi connectivity index (χ1v) is 16.8. The Hall–Kier alpha value is -6.38. The Morgan fingerprint density at radius 1 is 0.388 bits per heavy atom. The van der Waals surface area contributed by atoms with Crippen LogP contribution in [0.2, 0.25) is 0 Å². The lowest BCUT2D eigenvalue weighted by Crippen LogP contribution is -2.28. The molecular weight excluding hydrogens is 593 g/mol. The van der Waals surface area contributed by atoms with E-state index in [1.54, 1.807) is 0 Å². The molecule has 0 saturated heterocycles. The third-order valence-electron chi connectivity index (χ3n) is 10.3. The molecule has 9 aromatic rings. The minimum atomic E-state index is -0.500. The summed E-state index contributed by atoms with van der Waals surface area (Å²) in [7, 11) is 0. The fourth-order valence-corrected chi connectivity index (χ4v) is 8.21. The van der Waals surface area contributed by atoms with Crippen LogP contribution >= 0.6 is 0 Å². The van der Waals surface area contributed by atoms with Crippen molar-refractivity contribution < 1.29 is 0 Å². The molecule has 49 heavy (non-hydrogen) atoms. The van der Waals surface area contributed by atoms with Crippen LogP contribution in [0.15, 0.2) is 182 Å². The summed E-state index contributed by atoms with van der Waals surface area (Å²) >= 11 is 0. The van der Waals surface area contributed by atoms with Gasteiger partial charge in [-0.25, -0.2) is 9.97 Å². The van der Waals surface area contributed by atoms with Crippen LogP contribution in [0.4, 0.5) is 0 Å². The maximum absolute atomic E-state index is 5.48. The largest absolute Gasteiger partial charge is 0.244 e. The van der Waals surface area contributed by atoms with Crippen LogP contribution in [0.3, 0.4) is 0 Å².